The number of hydrogen-bond acceptors (Lipinski definition) is 2. The molecule has 0 amide bonds. The molecule has 15 heavy (non-hydrogen) atoms. The molecule has 1 saturated carbocycles. The van der Waals surface area contributed by atoms with Gasteiger partial charge in [-0.3, -0.25) is 4.90 Å². The van der Waals surface area contributed by atoms with E-state index < -0.39 is 0 Å². The average Bonchev–Trinajstić information content (AvgIpc) is 2.30. The Bertz CT molecular complexity index is 187. The molecule has 1 aliphatic carbocycles. The summed E-state index contributed by atoms with van der Waals surface area (Å²) < 4.78 is 0. The molecule has 1 aliphatic heterocycles. The molecule has 1 N–H and O–H groups in total. The number of nitrogens with zero attached hydrogens (tertiary/aromatic N) is 1. The van der Waals surface area contributed by atoms with Crippen molar-refractivity contribution in [2.24, 2.45) is 5.92 Å². The Balaban J connectivity index is 1.95. The molecule has 1 heterocycles. The fraction of sp³-hybridized carbons (Fsp3) is 1.00. The van der Waals surface area contributed by atoms with Crippen molar-refractivity contribution < 1.29 is 0 Å². The Kier molecular flexibility index (Phi) is 4.04. The molecule has 0 aromatic rings. The first-order valence-corrected chi connectivity index (χ1v) is 6.72. The first-order chi connectivity index (χ1) is 7.31. The third-order valence-electron chi connectivity index (χ3n) is 4.31. The van der Waals surface area contributed by atoms with Crippen molar-refractivity contribution >= 4 is 0 Å². The molecular weight excluding hydrogens is 184 g/mol. The van der Waals surface area contributed by atoms with E-state index >= 15 is 0 Å². The molecule has 3 unspecified atom stereocenters. The van der Waals surface area contributed by atoms with Gasteiger partial charge in [0.1, 0.15) is 0 Å². The van der Waals surface area contributed by atoms with E-state index in [-0.39, 0.29) is 0 Å². The van der Waals surface area contributed by atoms with Crippen molar-refractivity contribution in [2.45, 2.75) is 57.5 Å². The highest BCUT2D eigenvalue weighted by molar-refractivity contribution is 4.90. The van der Waals surface area contributed by atoms with Crippen LogP contribution in [-0.4, -0.2) is 37.1 Å². The Morgan fingerprint density at radius 2 is 1.80 bits per heavy atom. The van der Waals surface area contributed by atoms with E-state index in [9.17, 15) is 0 Å². The number of likely N-dealkylation sites (N-methyl/N-ethyl adjacent to an activating group) is 1. The van der Waals surface area contributed by atoms with Gasteiger partial charge in [-0.05, 0) is 58.2 Å². The van der Waals surface area contributed by atoms with Crippen LogP contribution in [0.4, 0.5) is 0 Å². The summed E-state index contributed by atoms with van der Waals surface area (Å²) in [5.41, 5.74) is 0. The van der Waals surface area contributed by atoms with E-state index in [2.05, 4.69) is 24.2 Å². The lowest BCUT2D eigenvalue weighted by Crippen LogP contribution is -2.53. The minimum Gasteiger partial charge on any atom is -0.315 e. The van der Waals surface area contributed by atoms with Crippen molar-refractivity contribution in [1.82, 2.24) is 10.2 Å². The summed E-state index contributed by atoms with van der Waals surface area (Å²) in [5.74, 6) is 0.932. The standard InChI is InChI=1S/C13H26N2/c1-11-6-7-12(14-2)13(10-11)15-8-4-3-5-9-15/h11-14H,3-10H2,1-2H3. The van der Waals surface area contributed by atoms with E-state index in [0.29, 0.717) is 0 Å². The number of rotatable bonds is 2. The zero-order valence-electron chi connectivity index (χ0n) is 10.3. The second-order valence-electron chi connectivity index (χ2n) is 5.48. The summed E-state index contributed by atoms with van der Waals surface area (Å²) in [4.78, 5) is 2.75. The summed E-state index contributed by atoms with van der Waals surface area (Å²) in [6.45, 7) is 5.11. The predicted molar refractivity (Wildman–Crippen MR) is 65.1 cm³/mol. The molecule has 0 spiro atoms. The van der Waals surface area contributed by atoms with Gasteiger partial charge in [-0.2, -0.15) is 0 Å². The topological polar surface area (TPSA) is 15.3 Å². The number of likely N-dealkylation sites (tertiary alicyclic amines) is 1. The molecular formula is C13H26N2. The van der Waals surface area contributed by atoms with Gasteiger partial charge in [0.05, 0.1) is 0 Å². The van der Waals surface area contributed by atoms with Gasteiger partial charge in [0.2, 0.25) is 0 Å². The van der Waals surface area contributed by atoms with Crippen LogP contribution >= 0.6 is 0 Å². The highest BCUT2D eigenvalue weighted by atomic mass is 15.2. The fourth-order valence-electron chi connectivity index (χ4n) is 3.34. The molecule has 0 aromatic carbocycles. The second-order valence-corrected chi connectivity index (χ2v) is 5.48. The van der Waals surface area contributed by atoms with Crippen molar-refractivity contribution in [1.29, 1.82) is 0 Å². The van der Waals surface area contributed by atoms with Crippen molar-refractivity contribution in [3.8, 4) is 0 Å². The number of hydrogen-bond donors (Lipinski definition) is 1. The highest BCUT2D eigenvalue weighted by Gasteiger charge is 2.32. The van der Waals surface area contributed by atoms with Crippen molar-refractivity contribution in [2.75, 3.05) is 20.1 Å². The van der Waals surface area contributed by atoms with Gasteiger partial charge in [0.25, 0.3) is 0 Å². The maximum absolute atomic E-state index is 3.53. The zero-order chi connectivity index (χ0) is 10.7. The molecule has 2 heteroatoms. The van der Waals surface area contributed by atoms with E-state index in [1.807, 2.05) is 0 Å². The summed E-state index contributed by atoms with van der Waals surface area (Å²) in [6, 6.07) is 1.57. The van der Waals surface area contributed by atoms with Crippen LogP contribution in [0.3, 0.4) is 0 Å². The minimum atomic E-state index is 0.749. The number of piperidine rings is 1. The molecule has 88 valence electrons. The first-order valence-electron chi connectivity index (χ1n) is 6.72. The van der Waals surface area contributed by atoms with Crippen LogP contribution < -0.4 is 5.32 Å². The minimum absolute atomic E-state index is 0.749. The monoisotopic (exact) mass is 210 g/mol. The first kappa shape index (κ1) is 11.4. The van der Waals surface area contributed by atoms with Gasteiger partial charge in [-0.25, -0.2) is 0 Å². The molecule has 2 fully saturated rings. The summed E-state index contributed by atoms with van der Waals surface area (Å²) >= 11 is 0. The zero-order valence-corrected chi connectivity index (χ0v) is 10.3. The maximum atomic E-state index is 3.53. The normalized spacial score (nSPS) is 39.2. The van der Waals surface area contributed by atoms with Crippen LogP contribution in [-0.2, 0) is 0 Å². The molecule has 2 nitrogen and oxygen atoms in total. The molecule has 1 saturated heterocycles. The van der Waals surface area contributed by atoms with Crippen LogP contribution in [0.5, 0.6) is 0 Å². The third kappa shape index (κ3) is 2.73. The Morgan fingerprint density at radius 3 is 2.47 bits per heavy atom. The van der Waals surface area contributed by atoms with Gasteiger partial charge in [-0.15, -0.1) is 0 Å². The van der Waals surface area contributed by atoms with Gasteiger partial charge >= 0.3 is 0 Å². The molecule has 0 radical (unpaired) electrons. The molecule has 2 rings (SSSR count). The van der Waals surface area contributed by atoms with Gasteiger partial charge in [0.15, 0.2) is 0 Å². The fourth-order valence-corrected chi connectivity index (χ4v) is 3.34. The summed E-state index contributed by atoms with van der Waals surface area (Å²) in [7, 11) is 2.14. The van der Waals surface area contributed by atoms with E-state index in [1.165, 1.54) is 51.6 Å². The third-order valence-corrected chi connectivity index (χ3v) is 4.31. The Morgan fingerprint density at radius 1 is 1.07 bits per heavy atom. The molecule has 0 bridgehead atoms. The van der Waals surface area contributed by atoms with Crippen molar-refractivity contribution in [3.05, 3.63) is 0 Å². The van der Waals surface area contributed by atoms with E-state index in [4.69, 9.17) is 0 Å². The van der Waals surface area contributed by atoms with Crippen LogP contribution in [0.1, 0.15) is 45.4 Å². The van der Waals surface area contributed by atoms with Crippen LogP contribution in [0.15, 0.2) is 0 Å². The van der Waals surface area contributed by atoms with Crippen molar-refractivity contribution in [3.63, 3.8) is 0 Å². The van der Waals surface area contributed by atoms with Crippen LogP contribution in [0.2, 0.25) is 0 Å². The lowest BCUT2D eigenvalue weighted by molar-refractivity contribution is 0.0864. The van der Waals surface area contributed by atoms with Crippen LogP contribution in [0, 0.1) is 5.92 Å². The smallest absolute Gasteiger partial charge is 0.0251 e. The summed E-state index contributed by atoms with van der Waals surface area (Å²) in [6.07, 6.45) is 8.48. The lowest BCUT2D eigenvalue weighted by Gasteiger charge is -2.43. The predicted octanol–water partition coefficient (Wildman–Crippen LogP) is 2.25. The highest BCUT2D eigenvalue weighted by Crippen LogP contribution is 2.29. The quantitative estimate of drug-likeness (QED) is 0.752. The van der Waals surface area contributed by atoms with Gasteiger partial charge in [0, 0.05) is 12.1 Å². The second kappa shape index (κ2) is 5.31. The molecule has 3 atom stereocenters. The van der Waals surface area contributed by atoms with Gasteiger partial charge < -0.3 is 5.32 Å². The largest absolute Gasteiger partial charge is 0.315 e. The lowest BCUT2D eigenvalue weighted by atomic mass is 9.82. The SMILES string of the molecule is CNC1CCC(C)CC1N1CCCCC1. The van der Waals surface area contributed by atoms with Crippen LogP contribution in [0.25, 0.3) is 0 Å². The summed E-state index contributed by atoms with van der Waals surface area (Å²) in [5, 5.41) is 3.53. The average molecular weight is 210 g/mol. The Hall–Kier alpha value is -0.0800. The molecule has 0 aromatic heterocycles. The van der Waals surface area contributed by atoms with E-state index in [1.54, 1.807) is 0 Å². The number of nitrogens with one attached hydrogen (secondary N) is 1. The molecule has 2 aliphatic rings. The van der Waals surface area contributed by atoms with E-state index in [0.717, 1.165) is 18.0 Å². The maximum Gasteiger partial charge on any atom is 0.0251 e. The Labute approximate surface area is 94.4 Å². The van der Waals surface area contributed by atoms with Gasteiger partial charge in [-0.1, -0.05) is 13.3 Å².